The molecule has 0 radical (unpaired) electrons. The number of carbonyl (C=O) groups excluding carboxylic acids is 1. The molecule has 0 aliphatic carbocycles. The number of unbranched alkanes of at least 4 members (excludes halogenated alkanes) is 7. The lowest BCUT2D eigenvalue weighted by molar-refractivity contribution is 0.104. The molecule has 0 spiro atoms. The summed E-state index contributed by atoms with van der Waals surface area (Å²) in [6, 6.07) is 7.02. The average molecular weight is 470 g/mol. The van der Waals surface area contributed by atoms with Crippen LogP contribution in [0, 0.1) is 31.0 Å². The summed E-state index contributed by atoms with van der Waals surface area (Å²) in [5.41, 5.74) is 2.05. The molecular formula is C28H36FNO4. The molecule has 0 saturated heterocycles. The van der Waals surface area contributed by atoms with Crippen molar-refractivity contribution in [1.29, 1.82) is 5.26 Å². The van der Waals surface area contributed by atoms with E-state index in [9.17, 15) is 15.2 Å². The number of nitriles is 1. The lowest BCUT2D eigenvalue weighted by Gasteiger charge is -2.17. The van der Waals surface area contributed by atoms with E-state index in [1.54, 1.807) is 32.0 Å². The van der Waals surface area contributed by atoms with Crippen LogP contribution in [-0.4, -0.2) is 17.9 Å². The van der Waals surface area contributed by atoms with Gasteiger partial charge >= 0.3 is 6.16 Å². The van der Waals surface area contributed by atoms with Crippen LogP contribution in [0.15, 0.2) is 18.2 Å². The minimum absolute atomic E-state index is 0.0780. The monoisotopic (exact) mass is 469 g/mol. The summed E-state index contributed by atoms with van der Waals surface area (Å²) < 4.78 is 25.7. The first kappa shape index (κ1) is 27.2. The molecule has 184 valence electrons. The van der Waals surface area contributed by atoms with Gasteiger partial charge in [-0.2, -0.15) is 5.26 Å². The Hall–Kier alpha value is -3.07. The summed E-state index contributed by atoms with van der Waals surface area (Å²) in [5, 5.41) is 20.4. The van der Waals surface area contributed by atoms with E-state index in [1.807, 2.05) is 6.92 Å². The van der Waals surface area contributed by atoms with Gasteiger partial charge in [-0.1, -0.05) is 57.9 Å². The molecule has 0 heterocycles. The van der Waals surface area contributed by atoms with Crippen molar-refractivity contribution in [2.45, 2.75) is 85.5 Å². The van der Waals surface area contributed by atoms with Crippen molar-refractivity contribution in [2.75, 3.05) is 6.61 Å². The summed E-state index contributed by atoms with van der Waals surface area (Å²) in [6.07, 6.45) is 8.65. The third-order valence-electron chi connectivity index (χ3n) is 5.88. The number of aryl methyl sites for hydroxylation is 3. The largest absolute Gasteiger partial charge is 0.513 e. The van der Waals surface area contributed by atoms with Crippen molar-refractivity contribution in [3.63, 3.8) is 0 Å². The first-order valence-electron chi connectivity index (χ1n) is 12.2. The molecule has 0 fully saturated rings. The van der Waals surface area contributed by atoms with E-state index < -0.39 is 17.7 Å². The van der Waals surface area contributed by atoms with Gasteiger partial charge in [-0.3, -0.25) is 0 Å². The van der Waals surface area contributed by atoms with E-state index in [-0.39, 0.29) is 29.0 Å². The van der Waals surface area contributed by atoms with Crippen LogP contribution >= 0.6 is 0 Å². The number of phenols is 1. The summed E-state index contributed by atoms with van der Waals surface area (Å²) in [7, 11) is 0. The number of benzene rings is 2. The Morgan fingerprint density at radius 2 is 1.68 bits per heavy atom. The summed E-state index contributed by atoms with van der Waals surface area (Å²) in [5.74, 6) is -1.24. The second-order valence-electron chi connectivity index (χ2n) is 8.70. The third-order valence-corrected chi connectivity index (χ3v) is 5.88. The van der Waals surface area contributed by atoms with Crippen molar-refractivity contribution >= 4 is 6.16 Å². The van der Waals surface area contributed by atoms with Crippen molar-refractivity contribution in [1.82, 2.24) is 0 Å². The van der Waals surface area contributed by atoms with Crippen LogP contribution < -0.4 is 4.74 Å². The zero-order valence-corrected chi connectivity index (χ0v) is 20.8. The lowest BCUT2D eigenvalue weighted by Crippen LogP contribution is -2.12. The number of nitrogens with zero attached hydrogens (tertiary/aromatic N) is 1. The Bertz CT molecular complexity index is 1030. The molecule has 0 saturated carbocycles. The lowest BCUT2D eigenvalue weighted by atomic mass is 9.92. The van der Waals surface area contributed by atoms with Gasteiger partial charge in [0.05, 0.1) is 18.2 Å². The van der Waals surface area contributed by atoms with Gasteiger partial charge < -0.3 is 14.6 Å². The molecule has 6 heteroatoms. The van der Waals surface area contributed by atoms with Crippen LogP contribution in [0.3, 0.4) is 0 Å². The predicted octanol–water partition coefficient (Wildman–Crippen LogP) is 7.91. The van der Waals surface area contributed by atoms with Gasteiger partial charge in [0.15, 0.2) is 11.6 Å². The summed E-state index contributed by atoms with van der Waals surface area (Å²) >= 11 is 0. The van der Waals surface area contributed by atoms with Crippen molar-refractivity contribution in [3.8, 4) is 28.7 Å². The first-order chi connectivity index (χ1) is 16.3. The number of halogens is 1. The van der Waals surface area contributed by atoms with E-state index in [4.69, 9.17) is 9.47 Å². The number of ether oxygens (including phenoxy) is 2. The predicted molar refractivity (Wildman–Crippen MR) is 132 cm³/mol. The highest BCUT2D eigenvalue weighted by Gasteiger charge is 2.24. The molecule has 0 aliphatic rings. The molecule has 0 atom stereocenters. The van der Waals surface area contributed by atoms with Gasteiger partial charge in [0, 0.05) is 11.1 Å². The molecule has 0 aromatic heterocycles. The highest BCUT2D eigenvalue weighted by molar-refractivity contribution is 5.82. The molecule has 34 heavy (non-hydrogen) atoms. The molecule has 0 aliphatic heterocycles. The SMILES string of the molecule is CCCCCCCCCCc1cc(C#N)c(-c2cc(C)cc(C)c2OC(=O)OCC)c(F)c1O. The molecule has 0 amide bonds. The third kappa shape index (κ3) is 7.21. The van der Waals surface area contributed by atoms with E-state index >= 15 is 4.39 Å². The maximum Gasteiger partial charge on any atom is 0.513 e. The Balaban J connectivity index is 2.30. The van der Waals surface area contributed by atoms with Gasteiger partial charge in [0.25, 0.3) is 0 Å². The first-order valence-corrected chi connectivity index (χ1v) is 12.2. The molecule has 5 nitrogen and oxygen atoms in total. The summed E-state index contributed by atoms with van der Waals surface area (Å²) in [4.78, 5) is 12.0. The normalized spacial score (nSPS) is 10.7. The van der Waals surface area contributed by atoms with Gasteiger partial charge in [-0.15, -0.1) is 0 Å². The van der Waals surface area contributed by atoms with E-state index in [2.05, 4.69) is 13.0 Å². The highest BCUT2D eigenvalue weighted by atomic mass is 19.1. The van der Waals surface area contributed by atoms with E-state index in [1.165, 1.54) is 32.1 Å². The topological polar surface area (TPSA) is 79.5 Å². The molecule has 2 aromatic carbocycles. The zero-order valence-electron chi connectivity index (χ0n) is 20.8. The van der Waals surface area contributed by atoms with E-state index in [0.717, 1.165) is 24.8 Å². The van der Waals surface area contributed by atoms with Crippen molar-refractivity contribution < 1.29 is 23.8 Å². The highest BCUT2D eigenvalue weighted by Crippen LogP contribution is 2.41. The fraction of sp³-hybridized carbons (Fsp3) is 0.500. The van der Waals surface area contributed by atoms with Gasteiger partial charge in [0.1, 0.15) is 5.75 Å². The van der Waals surface area contributed by atoms with Crippen LogP contribution in [0.4, 0.5) is 9.18 Å². The summed E-state index contributed by atoms with van der Waals surface area (Å²) in [6.45, 7) is 7.53. The second-order valence-corrected chi connectivity index (χ2v) is 8.70. The molecule has 2 rings (SSSR count). The maximum absolute atomic E-state index is 15.5. The van der Waals surface area contributed by atoms with Crippen molar-refractivity contribution in [2.24, 2.45) is 0 Å². The van der Waals surface area contributed by atoms with Crippen LogP contribution in [0.2, 0.25) is 0 Å². The van der Waals surface area contributed by atoms with Crippen LogP contribution in [0.1, 0.15) is 87.5 Å². The Kier molecular flexibility index (Phi) is 10.9. The van der Waals surface area contributed by atoms with Gasteiger partial charge in [-0.25, -0.2) is 9.18 Å². The minimum atomic E-state index is -0.912. The molecule has 0 bridgehead atoms. The Morgan fingerprint density at radius 3 is 2.29 bits per heavy atom. The van der Waals surface area contributed by atoms with Crippen LogP contribution in [0.5, 0.6) is 11.5 Å². The van der Waals surface area contributed by atoms with Crippen molar-refractivity contribution in [3.05, 3.63) is 46.3 Å². The fourth-order valence-electron chi connectivity index (χ4n) is 4.19. The second kappa shape index (κ2) is 13.6. The number of phenolic OH excluding ortho intramolecular Hbond substituents is 1. The smallest absolute Gasteiger partial charge is 0.505 e. The molecule has 1 N–H and O–H groups in total. The van der Waals surface area contributed by atoms with Gasteiger partial charge in [0.2, 0.25) is 0 Å². The maximum atomic E-state index is 15.5. The quantitative estimate of drug-likeness (QED) is 0.194. The number of aromatic hydroxyl groups is 1. The van der Waals surface area contributed by atoms with Crippen LogP contribution in [-0.2, 0) is 11.2 Å². The number of carbonyl (C=O) groups is 1. The van der Waals surface area contributed by atoms with Gasteiger partial charge in [-0.05, 0) is 62.4 Å². The molecular weight excluding hydrogens is 433 g/mol. The standard InChI is InChI=1S/C28H36FNO4/c1-5-7-8-9-10-11-12-13-14-21-17-22(18-30)24(25(29)26(21)31)23-16-19(3)15-20(4)27(23)34-28(32)33-6-2/h15-17,31H,5-14H2,1-4H3. The molecule has 0 unspecified atom stereocenters. The Morgan fingerprint density at radius 1 is 1.03 bits per heavy atom. The zero-order chi connectivity index (χ0) is 25.1. The number of rotatable bonds is 12. The number of hydrogen-bond donors (Lipinski definition) is 1. The van der Waals surface area contributed by atoms with E-state index in [0.29, 0.717) is 17.5 Å². The fourth-order valence-corrected chi connectivity index (χ4v) is 4.19. The molecule has 2 aromatic rings. The number of hydrogen-bond acceptors (Lipinski definition) is 5. The average Bonchev–Trinajstić information content (AvgIpc) is 2.80. The minimum Gasteiger partial charge on any atom is -0.505 e. The van der Waals surface area contributed by atoms with Crippen LogP contribution in [0.25, 0.3) is 11.1 Å². The Labute approximate surface area is 202 Å².